The summed E-state index contributed by atoms with van der Waals surface area (Å²) in [5.41, 5.74) is 2.86. The average Bonchev–Trinajstić information content (AvgIpc) is 3.06. The van der Waals surface area contributed by atoms with Crippen molar-refractivity contribution in [2.24, 2.45) is 0 Å². The molecule has 0 atom stereocenters. The van der Waals surface area contributed by atoms with Crippen LogP contribution in [0.1, 0.15) is 49.4 Å². The Morgan fingerprint density at radius 2 is 2.19 bits per heavy atom. The van der Waals surface area contributed by atoms with E-state index in [2.05, 4.69) is 23.9 Å². The predicted molar refractivity (Wildman–Crippen MR) is 90.9 cm³/mol. The first-order valence-corrected chi connectivity index (χ1v) is 7.95. The van der Waals surface area contributed by atoms with Crippen LogP contribution in [0.3, 0.4) is 0 Å². The Kier molecular flexibility index (Phi) is 6.37. The summed E-state index contributed by atoms with van der Waals surface area (Å²) in [6.07, 6.45) is 6.30. The Hall–Kier alpha value is -1.88. The molecule has 0 radical (unpaired) electrons. The molecule has 1 N–H and O–H groups in total. The van der Waals surface area contributed by atoms with Gasteiger partial charge in [0.25, 0.3) is 0 Å². The van der Waals surface area contributed by atoms with E-state index in [1.807, 2.05) is 33.2 Å². The fourth-order valence-electron chi connectivity index (χ4n) is 2.03. The van der Waals surface area contributed by atoms with Crippen LogP contribution in [0, 0.1) is 0 Å². The van der Waals surface area contributed by atoms with Crippen LogP contribution >= 0.6 is 11.3 Å². The fraction of sp³-hybridized carbons (Fsp3) is 0.375. The monoisotopic (exact) mass is 305 g/mol. The van der Waals surface area contributed by atoms with E-state index >= 15 is 0 Å². The van der Waals surface area contributed by atoms with Gasteiger partial charge in [0.15, 0.2) is 5.78 Å². The lowest BCUT2D eigenvalue weighted by Crippen LogP contribution is -2.06. The molecule has 0 aliphatic heterocycles. The highest BCUT2D eigenvalue weighted by atomic mass is 32.1. The molecule has 0 aliphatic carbocycles. The molecule has 2 rings (SSSR count). The standard InChI is InChI=1S/C14H17N3OS.C2H6/c1-5-10(12(6-2)15-4)13-8-17-14(19-13)11(7-16-17)9(3)18;1-2/h5,7-8,15H,1,6H2,2-4H3;1-2H3/b12-10+;. The van der Waals surface area contributed by atoms with E-state index in [4.69, 9.17) is 0 Å². The van der Waals surface area contributed by atoms with Crippen LogP contribution in [0.15, 0.2) is 30.7 Å². The first-order valence-electron chi connectivity index (χ1n) is 7.14. The Balaban J connectivity index is 0.00000106. The normalized spacial score (nSPS) is 11.5. The van der Waals surface area contributed by atoms with Crippen molar-refractivity contribution in [1.82, 2.24) is 14.9 Å². The molecule has 2 aromatic heterocycles. The van der Waals surface area contributed by atoms with Gasteiger partial charge < -0.3 is 5.32 Å². The second-order valence-electron chi connectivity index (χ2n) is 4.16. The summed E-state index contributed by atoms with van der Waals surface area (Å²) in [4.78, 5) is 13.5. The Morgan fingerprint density at radius 3 is 2.67 bits per heavy atom. The minimum atomic E-state index is 0.0388. The van der Waals surface area contributed by atoms with Crippen LogP contribution in [-0.4, -0.2) is 22.4 Å². The van der Waals surface area contributed by atoms with Gasteiger partial charge in [-0.3, -0.25) is 4.79 Å². The van der Waals surface area contributed by atoms with E-state index in [-0.39, 0.29) is 5.78 Å². The van der Waals surface area contributed by atoms with Crippen molar-refractivity contribution >= 4 is 27.5 Å². The number of aromatic nitrogens is 2. The number of hydrogen-bond donors (Lipinski definition) is 1. The molecule has 114 valence electrons. The second kappa shape index (κ2) is 7.78. The number of fused-ring (bicyclic) bond motifs is 1. The summed E-state index contributed by atoms with van der Waals surface area (Å²) in [6.45, 7) is 11.5. The van der Waals surface area contributed by atoms with Crippen LogP contribution in [0.25, 0.3) is 10.4 Å². The van der Waals surface area contributed by atoms with Gasteiger partial charge >= 0.3 is 0 Å². The predicted octanol–water partition coefficient (Wildman–Crippen LogP) is 4.15. The van der Waals surface area contributed by atoms with E-state index in [0.29, 0.717) is 5.56 Å². The third-order valence-electron chi connectivity index (χ3n) is 3.03. The zero-order valence-corrected chi connectivity index (χ0v) is 14.2. The topological polar surface area (TPSA) is 46.4 Å². The summed E-state index contributed by atoms with van der Waals surface area (Å²) in [5, 5.41) is 7.41. The van der Waals surface area contributed by atoms with E-state index in [1.54, 1.807) is 29.0 Å². The first kappa shape index (κ1) is 17.2. The molecule has 4 nitrogen and oxygen atoms in total. The zero-order chi connectivity index (χ0) is 16.0. The number of carbonyl (C=O) groups excluding carboxylic acids is 1. The summed E-state index contributed by atoms with van der Waals surface area (Å²) in [6, 6.07) is 0. The van der Waals surface area contributed by atoms with Gasteiger partial charge in [-0.15, -0.1) is 11.3 Å². The van der Waals surface area contributed by atoms with E-state index < -0.39 is 0 Å². The molecule has 0 saturated heterocycles. The first-order chi connectivity index (χ1) is 10.1. The number of nitrogens with one attached hydrogen (secondary N) is 1. The number of thiazole rings is 1. The summed E-state index contributed by atoms with van der Waals surface area (Å²) in [5.74, 6) is 0.0388. The highest BCUT2D eigenvalue weighted by Gasteiger charge is 2.14. The Labute approximate surface area is 130 Å². The van der Waals surface area contributed by atoms with Crippen molar-refractivity contribution < 1.29 is 4.79 Å². The lowest BCUT2D eigenvalue weighted by atomic mass is 10.1. The fourth-order valence-corrected chi connectivity index (χ4v) is 3.20. The minimum Gasteiger partial charge on any atom is -0.391 e. The lowest BCUT2D eigenvalue weighted by Gasteiger charge is -2.08. The molecular formula is C16H23N3OS. The van der Waals surface area contributed by atoms with Gasteiger partial charge in [-0.25, -0.2) is 4.52 Å². The smallest absolute Gasteiger partial charge is 0.164 e. The van der Waals surface area contributed by atoms with Gasteiger partial charge in [0.1, 0.15) is 4.83 Å². The van der Waals surface area contributed by atoms with Crippen molar-refractivity contribution in [1.29, 1.82) is 0 Å². The summed E-state index contributed by atoms with van der Waals surface area (Å²) in [7, 11) is 1.90. The Morgan fingerprint density at radius 1 is 1.52 bits per heavy atom. The van der Waals surface area contributed by atoms with E-state index in [0.717, 1.165) is 27.4 Å². The van der Waals surface area contributed by atoms with Gasteiger partial charge in [0.05, 0.1) is 16.6 Å². The SMILES string of the molecule is C=C/C(=C(/CC)NC)c1cn2ncc(C(C)=O)c2s1.CC. The van der Waals surface area contributed by atoms with Crippen molar-refractivity contribution in [2.45, 2.75) is 34.1 Å². The average molecular weight is 305 g/mol. The van der Waals surface area contributed by atoms with Crippen molar-refractivity contribution in [3.8, 4) is 0 Å². The molecule has 2 heterocycles. The molecule has 0 aliphatic rings. The second-order valence-corrected chi connectivity index (χ2v) is 5.19. The highest BCUT2D eigenvalue weighted by Crippen LogP contribution is 2.30. The van der Waals surface area contributed by atoms with Crippen molar-refractivity contribution in [3.05, 3.63) is 41.2 Å². The van der Waals surface area contributed by atoms with Gasteiger partial charge in [-0.1, -0.05) is 33.4 Å². The zero-order valence-electron chi connectivity index (χ0n) is 13.4. The molecule has 5 heteroatoms. The number of ketones is 1. The van der Waals surface area contributed by atoms with Gasteiger partial charge in [-0.05, 0) is 13.3 Å². The molecule has 0 aromatic carbocycles. The van der Waals surface area contributed by atoms with Crippen LogP contribution in [0.5, 0.6) is 0 Å². The van der Waals surface area contributed by atoms with Crippen molar-refractivity contribution in [3.63, 3.8) is 0 Å². The number of carbonyl (C=O) groups is 1. The number of rotatable bonds is 5. The molecular weight excluding hydrogens is 282 g/mol. The van der Waals surface area contributed by atoms with Crippen molar-refractivity contribution in [2.75, 3.05) is 7.05 Å². The third-order valence-corrected chi connectivity index (χ3v) is 4.17. The van der Waals surface area contributed by atoms with E-state index in [1.165, 1.54) is 0 Å². The molecule has 0 saturated carbocycles. The van der Waals surface area contributed by atoms with Gasteiger partial charge in [0.2, 0.25) is 0 Å². The summed E-state index contributed by atoms with van der Waals surface area (Å²) < 4.78 is 1.75. The largest absolute Gasteiger partial charge is 0.391 e. The molecule has 0 spiro atoms. The highest BCUT2D eigenvalue weighted by molar-refractivity contribution is 7.18. The Bertz CT molecular complexity index is 658. The number of allylic oxidation sites excluding steroid dienone is 3. The van der Waals surface area contributed by atoms with Gasteiger partial charge in [0, 0.05) is 24.5 Å². The van der Waals surface area contributed by atoms with Crippen LogP contribution < -0.4 is 5.32 Å². The third kappa shape index (κ3) is 3.42. The number of nitrogens with zero attached hydrogens (tertiary/aromatic N) is 2. The molecule has 0 bridgehead atoms. The molecule has 0 amide bonds. The minimum absolute atomic E-state index is 0.0388. The van der Waals surface area contributed by atoms with Crippen LogP contribution in [0.2, 0.25) is 0 Å². The maximum absolute atomic E-state index is 11.5. The molecule has 2 aromatic rings. The maximum atomic E-state index is 11.5. The molecule has 0 fully saturated rings. The van der Waals surface area contributed by atoms with Gasteiger partial charge in [-0.2, -0.15) is 5.10 Å². The van der Waals surface area contributed by atoms with Crippen LogP contribution in [0.4, 0.5) is 0 Å². The maximum Gasteiger partial charge on any atom is 0.164 e. The lowest BCUT2D eigenvalue weighted by molar-refractivity contribution is 0.101. The summed E-state index contributed by atoms with van der Waals surface area (Å²) >= 11 is 1.56. The number of Topliss-reactive ketones (excluding diaryl/α,β-unsaturated/α-hetero) is 1. The number of hydrogen-bond acceptors (Lipinski definition) is 4. The molecule has 21 heavy (non-hydrogen) atoms. The quantitative estimate of drug-likeness (QED) is 0.666. The molecule has 0 unspecified atom stereocenters. The van der Waals surface area contributed by atoms with E-state index in [9.17, 15) is 4.79 Å². The van der Waals surface area contributed by atoms with Crippen LogP contribution in [-0.2, 0) is 0 Å².